The lowest BCUT2D eigenvalue weighted by molar-refractivity contribution is -0.136. The molecule has 3 rings (SSSR count). The molecule has 38 heavy (non-hydrogen) atoms. The number of carbonyl (C=O) groups is 4. The Morgan fingerprint density at radius 3 is 2.47 bits per heavy atom. The highest BCUT2D eigenvalue weighted by molar-refractivity contribution is 6.06. The Morgan fingerprint density at radius 2 is 1.87 bits per heavy atom. The van der Waals surface area contributed by atoms with Crippen molar-refractivity contribution < 1.29 is 23.9 Å². The standard InChI is InChI=1S/C29H44N4O5/c1-7-8-9-16-32(17-15-29(5,6)26(28(2,3)4)38-27(30)37)21-12-10-11-19-20(21)18-33(25(19)36)22-13-14-23(34)31-24(22)35/h10-12,22,26H,7-9,13-18H2,1-6H3,(H2,30,37)(H,31,34,35). The van der Waals surface area contributed by atoms with E-state index in [2.05, 4.69) is 31.0 Å². The van der Waals surface area contributed by atoms with Gasteiger partial charge in [0.2, 0.25) is 11.8 Å². The van der Waals surface area contributed by atoms with Crippen LogP contribution in [-0.4, -0.2) is 54.0 Å². The minimum atomic E-state index is -0.772. The largest absolute Gasteiger partial charge is 0.445 e. The van der Waals surface area contributed by atoms with E-state index < -0.39 is 18.0 Å². The van der Waals surface area contributed by atoms with Crippen molar-refractivity contribution in [1.82, 2.24) is 10.2 Å². The number of hydrogen-bond donors (Lipinski definition) is 2. The van der Waals surface area contributed by atoms with Crippen LogP contribution in [0.1, 0.15) is 96.0 Å². The number of piperidine rings is 1. The van der Waals surface area contributed by atoms with E-state index in [4.69, 9.17) is 10.5 Å². The van der Waals surface area contributed by atoms with E-state index in [0.29, 0.717) is 25.1 Å². The van der Waals surface area contributed by atoms with E-state index in [1.807, 2.05) is 39.0 Å². The summed E-state index contributed by atoms with van der Waals surface area (Å²) in [5.74, 6) is -0.879. The molecule has 0 radical (unpaired) electrons. The zero-order valence-electron chi connectivity index (χ0n) is 23.8. The molecule has 2 aliphatic rings. The van der Waals surface area contributed by atoms with Gasteiger partial charge in [0.15, 0.2) is 0 Å². The van der Waals surface area contributed by atoms with E-state index in [1.54, 1.807) is 4.90 Å². The maximum atomic E-state index is 13.4. The van der Waals surface area contributed by atoms with Crippen molar-refractivity contribution in [1.29, 1.82) is 0 Å². The number of rotatable bonds is 11. The Balaban J connectivity index is 1.87. The van der Waals surface area contributed by atoms with Crippen molar-refractivity contribution in [3.8, 4) is 0 Å². The number of hydrogen-bond acceptors (Lipinski definition) is 6. The monoisotopic (exact) mass is 528 g/mol. The first kappa shape index (κ1) is 29.5. The Bertz CT molecular complexity index is 1060. The molecule has 0 aromatic heterocycles. The molecular formula is C29H44N4O5. The van der Waals surface area contributed by atoms with Crippen molar-refractivity contribution in [2.24, 2.45) is 16.6 Å². The number of imide groups is 1. The van der Waals surface area contributed by atoms with Crippen LogP contribution >= 0.6 is 0 Å². The Hall–Kier alpha value is -3.10. The number of carbonyl (C=O) groups excluding carboxylic acids is 4. The van der Waals surface area contributed by atoms with Crippen LogP contribution in [0, 0.1) is 10.8 Å². The van der Waals surface area contributed by atoms with E-state index in [0.717, 1.165) is 43.5 Å². The lowest BCUT2D eigenvalue weighted by Gasteiger charge is -2.42. The summed E-state index contributed by atoms with van der Waals surface area (Å²) in [6, 6.07) is 5.11. The molecule has 1 saturated heterocycles. The topological polar surface area (TPSA) is 122 Å². The Labute approximate surface area is 226 Å². The van der Waals surface area contributed by atoms with Crippen LogP contribution in [0.4, 0.5) is 10.5 Å². The normalized spacial score (nSPS) is 18.7. The fourth-order valence-electron chi connectivity index (χ4n) is 5.95. The number of nitrogens with one attached hydrogen (secondary N) is 1. The second-order valence-electron chi connectivity index (χ2n) is 12.3. The molecule has 3 N–H and O–H groups in total. The molecule has 4 amide bonds. The lowest BCUT2D eigenvalue weighted by atomic mass is 9.71. The van der Waals surface area contributed by atoms with Crippen LogP contribution in [0.15, 0.2) is 18.2 Å². The second kappa shape index (κ2) is 11.7. The van der Waals surface area contributed by atoms with Crippen molar-refractivity contribution in [3.05, 3.63) is 29.3 Å². The number of anilines is 1. The van der Waals surface area contributed by atoms with Gasteiger partial charge < -0.3 is 20.3 Å². The third kappa shape index (κ3) is 6.66. The second-order valence-corrected chi connectivity index (χ2v) is 12.3. The average Bonchev–Trinajstić information content (AvgIpc) is 3.15. The van der Waals surface area contributed by atoms with E-state index >= 15 is 0 Å². The molecule has 9 heteroatoms. The molecule has 1 aromatic carbocycles. The highest BCUT2D eigenvalue weighted by atomic mass is 16.6. The van der Waals surface area contributed by atoms with Gasteiger partial charge in [-0.1, -0.05) is 60.5 Å². The third-order valence-electron chi connectivity index (χ3n) is 7.69. The number of nitrogens with zero attached hydrogens (tertiary/aromatic N) is 2. The summed E-state index contributed by atoms with van der Waals surface area (Å²) in [5, 5.41) is 2.37. The highest BCUT2D eigenvalue weighted by Crippen LogP contribution is 2.40. The van der Waals surface area contributed by atoms with Crippen LogP contribution in [-0.2, 0) is 20.9 Å². The van der Waals surface area contributed by atoms with Gasteiger partial charge in [0.05, 0.1) is 0 Å². The molecule has 2 heterocycles. The minimum Gasteiger partial charge on any atom is -0.445 e. The summed E-state index contributed by atoms with van der Waals surface area (Å²) < 4.78 is 5.61. The molecule has 0 aliphatic carbocycles. The molecule has 2 unspecified atom stereocenters. The molecule has 2 aliphatic heterocycles. The highest BCUT2D eigenvalue weighted by Gasteiger charge is 2.42. The van der Waals surface area contributed by atoms with Gasteiger partial charge in [0, 0.05) is 48.3 Å². The fraction of sp³-hybridized carbons (Fsp3) is 0.655. The number of primary amides is 1. The van der Waals surface area contributed by atoms with Crippen LogP contribution in [0.5, 0.6) is 0 Å². The zero-order valence-corrected chi connectivity index (χ0v) is 23.8. The first-order valence-electron chi connectivity index (χ1n) is 13.7. The molecule has 0 saturated carbocycles. The van der Waals surface area contributed by atoms with Crippen molar-refractivity contribution in [2.45, 2.75) is 98.8 Å². The average molecular weight is 529 g/mol. The molecule has 1 fully saturated rings. The summed E-state index contributed by atoms with van der Waals surface area (Å²) in [5.41, 5.74) is 7.28. The van der Waals surface area contributed by atoms with Crippen LogP contribution in [0.25, 0.3) is 0 Å². The molecule has 0 spiro atoms. The van der Waals surface area contributed by atoms with Crippen molar-refractivity contribution in [2.75, 3.05) is 18.0 Å². The van der Waals surface area contributed by atoms with E-state index in [9.17, 15) is 19.2 Å². The smallest absolute Gasteiger partial charge is 0.404 e. The summed E-state index contributed by atoms with van der Waals surface area (Å²) in [6.45, 7) is 14.3. The molecule has 0 bridgehead atoms. The quantitative estimate of drug-likeness (QED) is 0.325. The van der Waals surface area contributed by atoms with E-state index in [1.165, 1.54) is 0 Å². The predicted octanol–water partition coefficient (Wildman–Crippen LogP) is 4.37. The molecule has 9 nitrogen and oxygen atoms in total. The van der Waals surface area contributed by atoms with Gasteiger partial charge in [-0.25, -0.2) is 4.79 Å². The lowest BCUT2D eigenvalue weighted by Crippen LogP contribution is -2.52. The fourth-order valence-corrected chi connectivity index (χ4v) is 5.95. The maximum absolute atomic E-state index is 13.4. The van der Waals surface area contributed by atoms with Gasteiger partial charge in [0.1, 0.15) is 12.1 Å². The number of fused-ring (bicyclic) bond motifs is 1. The van der Waals surface area contributed by atoms with Crippen LogP contribution < -0.4 is 16.0 Å². The number of ether oxygens (including phenoxy) is 1. The third-order valence-corrected chi connectivity index (χ3v) is 7.69. The van der Waals surface area contributed by atoms with Gasteiger partial charge in [-0.2, -0.15) is 0 Å². The molecule has 210 valence electrons. The van der Waals surface area contributed by atoms with Gasteiger partial charge in [-0.3, -0.25) is 19.7 Å². The van der Waals surface area contributed by atoms with Crippen molar-refractivity contribution in [3.63, 3.8) is 0 Å². The summed E-state index contributed by atoms with van der Waals surface area (Å²) >= 11 is 0. The Morgan fingerprint density at radius 1 is 1.16 bits per heavy atom. The maximum Gasteiger partial charge on any atom is 0.404 e. The van der Waals surface area contributed by atoms with Gasteiger partial charge in [0.25, 0.3) is 5.91 Å². The number of unbranched alkanes of at least 4 members (excludes halogenated alkanes) is 2. The summed E-state index contributed by atoms with van der Waals surface area (Å²) in [7, 11) is 0. The summed E-state index contributed by atoms with van der Waals surface area (Å²) in [4.78, 5) is 53.2. The van der Waals surface area contributed by atoms with Gasteiger partial charge in [-0.05, 0) is 36.8 Å². The molecular weight excluding hydrogens is 484 g/mol. The van der Waals surface area contributed by atoms with Crippen molar-refractivity contribution >= 4 is 29.5 Å². The molecule has 2 atom stereocenters. The number of nitrogens with two attached hydrogens (primary N) is 1. The number of amides is 4. The molecule has 1 aromatic rings. The Kier molecular flexibility index (Phi) is 9.10. The minimum absolute atomic E-state index is 0.173. The van der Waals surface area contributed by atoms with Crippen LogP contribution in [0.2, 0.25) is 0 Å². The first-order chi connectivity index (χ1) is 17.8. The SMILES string of the molecule is CCCCCN(CCC(C)(C)C(OC(N)=O)C(C)(C)C)c1cccc2c1CN(C1CCC(=O)NC1=O)C2=O. The van der Waals surface area contributed by atoms with E-state index in [-0.39, 0.29) is 35.2 Å². The van der Waals surface area contributed by atoms with Gasteiger partial charge >= 0.3 is 6.09 Å². The number of benzene rings is 1. The predicted molar refractivity (Wildman–Crippen MR) is 147 cm³/mol. The van der Waals surface area contributed by atoms with Crippen LogP contribution in [0.3, 0.4) is 0 Å². The zero-order chi connectivity index (χ0) is 28.3. The first-order valence-corrected chi connectivity index (χ1v) is 13.7. The summed E-state index contributed by atoms with van der Waals surface area (Å²) in [6.07, 6.45) is 3.33. The van der Waals surface area contributed by atoms with Gasteiger partial charge in [-0.15, -0.1) is 0 Å².